The Balaban J connectivity index is 1.28. The van der Waals surface area contributed by atoms with Crippen LogP contribution >= 0.6 is 0 Å². The van der Waals surface area contributed by atoms with E-state index in [-0.39, 0.29) is 17.7 Å². The molecule has 1 aromatic carbocycles. The molecule has 8 nitrogen and oxygen atoms in total. The molecule has 3 aliphatic rings. The summed E-state index contributed by atoms with van der Waals surface area (Å²) in [7, 11) is 0. The van der Waals surface area contributed by atoms with Gasteiger partial charge in [-0.25, -0.2) is 9.98 Å². The average Bonchev–Trinajstić information content (AvgIpc) is 3.12. The molecular formula is C21H19N5O3. The summed E-state index contributed by atoms with van der Waals surface area (Å²) in [6.07, 6.45) is 7.36. The number of hydrogen-bond donors (Lipinski definition) is 0. The molecule has 0 spiro atoms. The highest BCUT2D eigenvalue weighted by molar-refractivity contribution is 6.21. The van der Waals surface area contributed by atoms with Gasteiger partial charge in [0.2, 0.25) is 5.96 Å². The number of aliphatic imine (C=N–C) groups is 2. The zero-order valence-electron chi connectivity index (χ0n) is 15.9. The Morgan fingerprint density at radius 1 is 1.14 bits per heavy atom. The van der Waals surface area contributed by atoms with Gasteiger partial charge in [-0.3, -0.25) is 9.59 Å². The van der Waals surface area contributed by atoms with Gasteiger partial charge in [0.1, 0.15) is 11.4 Å². The summed E-state index contributed by atoms with van der Waals surface area (Å²) in [5, 5.41) is 0. The summed E-state index contributed by atoms with van der Waals surface area (Å²) in [5.74, 6) is 0.398. The van der Waals surface area contributed by atoms with E-state index in [9.17, 15) is 9.59 Å². The fourth-order valence-electron chi connectivity index (χ4n) is 3.76. The lowest BCUT2D eigenvalue weighted by molar-refractivity contribution is -0.118. The van der Waals surface area contributed by atoms with Crippen LogP contribution in [0, 0.1) is 12.8 Å². The zero-order valence-corrected chi connectivity index (χ0v) is 15.9. The number of nitrogens with zero attached hydrogens (tertiary/aromatic N) is 5. The first-order valence-corrected chi connectivity index (χ1v) is 9.56. The number of carbonyl (C=O) groups excluding carboxylic acids is 2. The lowest BCUT2D eigenvalue weighted by Crippen LogP contribution is -2.51. The SMILES string of the molecule is Cc1nc2ccc(C(=O)N3CCN(C4=NC(=O)C5C=CC=CC5=N4)CC3)cc2o1. The monoisotopic (exact) mass is 389 g/mol. The van der Waals surface area contributed by atoms with Crippen LogP contribution in [0.2, 0.25) is 0 Å². The number of fused-ring (bicyclic) bond motifs is 2. The Kier molecular flexibility index (Phi) is 4.12. The molecule has 0 radical (unpaired) electrons. The van der Waals surface area contributed by atoms with Crippen LogP contribution in [0.1, 0.15) is 16.2 Å². The lowest BCUT2D eigenvalue weighted by Gasteiger charge is -2.36. The molecule has 1 fully saturated rings. The van der Waals surface area contributed by atoms with Gasteiger partial charge >= 0.3 is 0 Å². The van der Waals surface area contributed by atoms with Crippen molar-refractivity contribution >= 4 is 34.6 Å². The Hall–Kier alpha value is -3.55. The molecule has 3 heterocycles. The van der Waals surface area contributed by atoms with Crippen LogP contribution in [0.5, 0.6) is 0 Å². The van der Waals surface area contributed by atoms with E-state index < -0.39 is 0 Å². The second-order valence-corrected chi connectivity index (χ2v) is 7.20. The Bertz CT molecular complexity index is 1130. The number of oxazole rings is 1. The quantitative estimate of drug-likeness (QED) is 0.744. The van der Waals surface area contributed by atoms with Crippen LogP contribution in [0.4, 0.5) is 0 Å². The maximum Gasteiger partial charge on any atom is 0.261 e. The van der Waals surface area contributed by atoms with Gasteiger partial charge in [0.25, 0.3) is 11.8 Å². The predicted molar refractivity (Wildman–Crippen MR) is 108 cm³/mol. The summed E-state index contributed by atoms with van der Waals surface area (Å²) in [6, 6.07) is 5.32. The fraction of sp³-hybridized carbons (Fsp3) is 0.286. The molecule has 0 saturated carbocycles. The maximum atomic E-state index is 12.9. The number of aryl methyl sites for hydroxylation is 1. The van der Waals surface area contributed by atoms with Crippen molar-refractivity contribution in [1.82, 2.24) is 14.8 Å². The largest absolute Gasteiger partial charge is 0.441 e. The third kappa shape index (κ3) is 3.16. The Morgan fingerprint density at radius 2 is 1.97 bits per heavy atom. The first-order valence-electron chi connectivity index (χ1n) is 9.56. The van der Waals surface area contributed by atoms with Crippen LogP contribution < -0.4 is 0 Å². The summed E-state index contributed by atoms with van der Waals surface area (Å²) in [4.78, 5) is 41.9. The lowest BCUT2D eigenvalue weighted by atomic mass is 9.97. The molecule has 2 aromatic rings. The Morgan fingerprint density at radius 3 is 2.79 bits per heavy atom. The molecule has 0 bridgehead atoms. The van der Waals surface area contributed by atoms with Crippen molar-refractivity contribution < 1.29 is 14.0 Å². The third-order valence-electron chi connectivity index (χ3n) is 5.30. The fourth-order valence-corrected chi connectivity index (χ4v) is 3.76. The summed E-state index contributed by atoms with van der Waals surface area (Å²) < 4.78 is 5.53. The molecule has 29 heavy (non-hydrogen) atoms. The van der Waals surface area contributed by atoms with E-state index in [0.717, 1.165) is 11.2 Å². The van der Waals surface area contributed by atoms with Gasteiger partial charge in [0.15, 0.2) is 11.5 Å². The van der Waals surface area contributed by atoms with E-state index in [4.69, 9.17) is 4.42 Å². The first-order chi connectivity index (χ1) is 14.1. The molecular weight excluding hydrogens is 370 g/mol. The third-order valence-corrected chi connectivity index (χ3v) is 5.30. The average molecular weight is 389 g/mol. The van der Waals surface area contributed by atoms with E-state index >= 15 is 0 Å². The number of benzene rings is 1. The normalized spacial score (nSPS) is 21.3. The maximum absolute atomic E-state index is 12.9. The number of allylic oxidation sites excluding steroid dienone is 3. The minimum absolute atomic E-state index is 0.0472. The summed E-state index contributed by atoms with van der Waals surface area (Å²) in [6.45, 7) is 3.99. The minimum atomic E-state index is -0.374. The van der Waals surface area contributed by atoms with Crippen LogP contribution in [0.15, 0.2) is 56.9 Å². The highest BCUT2D eigenvalue weighted by Gasteiger charge is 2.30. The van der Waals surface area contributed by atoms with E-state index in [2.05, 4.69) is 15.0 Å². The number of guanidine groups is 1. The second-order valence-electron chi connectivity index (χ2n) is 7.20. The van der Waals surface area contributed by atoms with Crippen LogP contribution in [0.25, 0.3) is 11.1 Å². The van der Waals surface area contributed by atoms with Crippen molar-refractivity contribution in [2.75, 3.05) is 26.2 Å². The van der Waals surface area contributed by atoms with E-state index in [1.54, 1.807) is 30.0 Å². The van der Waals surface area contributed by atoms with Crippen molar-refractivity contribution in [3.8, 4) is 0 Å². The molecule has 1 aromatic heterocycles. The van der Waals surface area contributed by atoms with E-state index in [1.807, 2.05) is 29.2 Å². The molecule has 1 saturated heterocycles. The van der Waals surface area contributed by atoms with Gasteiger partial charge in [0.05, 0.1) is 5.71 Å². The number of amides is 2. The van der Waals surface area contributed by atoms with Gasteiger partial charge in [0, 0.05) is 38.7 Å². The summed E-state index contributed by atoms with van der Waals surface area (Å²) in [5.41, 5.74) is 2.65. The molecule has 5 rings (SSSR count). The topological polar surface area (TPSA) is 91.4 Å². The van der Waals surface area contributed by atoms with Gasteiger partial charge in [-0.1, -0.05) is 18.2 Å². The number of hydrogen-bond acceptors (Lipinski definition) is 6. The van der Waals surface area contributed by atoms with Crippen molar-refractivity contribution in [1.29, 1.82) is 0 Å². The van der Waals surface area contributed by atoms with Crippen molar-refractivity contribution in [2.45, 2.75) is 6.92 Å². The Labute approximate surface area is 166 Å². The van der Waals surface area contributed by atoms with E-state index in [1.165, 1.54) is 0 Å². The second kappa shape index (κ2) is 6.80. The molecule has 8 heteroatoms. The minimum Gasteiger partial charge on any atom is -0.441 e. The summed E-state index contributed by atoms with van der Waals surface area (Å²) >= 11 is 0. The molecule has 1 atom stereocenters. The van der Waals surface area contributed by atoms with Crippen molar-refractivity contribution in [3.63, 3.8) is 0 Å². The molecule has 1 unspecified atom stereocenters. The van der Waals surface area contributed by atoms with Gasteiger partial charge in [-0.2, -0.15) is 4.99 Å². The van der Waals surface area contributed by atoms with Crippen LogP contribution in [-0.4, -0.2) is 64.4 Å². The molecule has 2 aliphatic heterocycles. The van der Waals surface area contributed by atoms with Crippen LogP contribution in [-0.2, 0) is 4.79 Å². The number of piperazine rings is 1. The highest BCUT2D eigenvalue weighted by Crippen LogP contribution is 2.20. The molecule has 0 N–H and O–H groups in total. The standard InChI is InChI=1S/C21H19N5O3/c1-13-22-17-7-6-14(12-18(17)29-13)20(28)25-8-10-26(11-9-25)21-23-16-5-3-2-4-15(16)19(27)24-21/h2-7,12,15H,8-11H2,1H3. The van der Waals surface area contributed by atoms with Gasteiger partial charge < -0.3 is 14.2 Å². The zero-order chi connectivity index (χ0) is 20.0. The number of rotatable bonds is 1. The van der Waals surface area contributed by atoms with Crippen LogP contribution in [0.3, 0.4) is 0 Å². The van der Waals surface area contributed by atoms with Gasteiger partial charge in [-0.05, 0) is 24.3 Å². The highest BCUT2D eigenvalue weighted by atomic mass is 16.3. The smallest absolute Gasteiger partial charge is 0.261 e. The van der Waals surface area contributed by atoms with Crippen molar-refractivity contribution in [2.24, 2.45) is 15.9 Å². The van der Waals surface area contributed by atoms with Crippen molar-refractivity contribution in [3.05, 3.63) is 54.0 Å². The van der Waals surface area contributed by atoms with E-state index in [0.29, 0.717) is 49.2 Å². The molecule has 2 amide bonds. The van der Waals surface area contributed by atoms with Gasteiger partial charge in [-0.15, -0.1) is 0 Å². The number of aromatic nitrogens is 1. The first kappa shape index (κ1) is 17.5. The predicted octanol–water partition coefficient (Wildman–Crippen LogP) is 1.97. The number of carbonyl (C=O) groups is 2. The molecule has 146 valence electrons. The molecule has 1 aliphatic carbocycles.